The van der Waals surface area contributed by atoms with E-state index in [1.165, 1.54) is 11.3 Å². The summed E-state index contributed by atoms with van der Waals surface area (Å²) in [6, 6.07) is 12.8. The molecular formula is C17H9ClIN3O2S. The van der Waals surface area contributed by atoms with Crippen LogP contribution in [0.3, 0.4) is 0 Å². The normalized spacial score (nSPS) is 12.9. The molecule has 3 aromatic rings. The summed E-state index contributed by atoms with van der Waals surface area (Å²) in [5.41, 5.74) is 1.04. The highest BCUT2D eigenvalue weighted by molar-refractivity contribution is 14.1. The number of aromatic hydroxyl groups is 1. The van der Waals surface area contributed by atoms with Gasteiger partial charge in [0.25, 0.3) is 5.91 Å². The SMILES string of the molecule is O=C1N=c2ccc(I)cc2=C1c1sc(Nc2ccccc2Cl)nc1O. The first kappa shape index (κ1) is 16.5. The number of halogens is 2. The van der Waals surface area contributed by atoms with E-state index in [9.17, 15) is 9.90 Å². The van der Waals surface area contributed by atoms with Crippen molar-refractivity contribution in [3.63, 3.8) is 0 Å². The maximum atomic E-state index is 12.3. The van der Waals surface area contributed by atoms with E-state index >= 15 is 0 Å². The van der Waals surface area contributed by atoms with Crippen molar-refractivity contribution in [2.24, 2.45) is 4.99 Å². The van der Waals surface area contributed by atoms with Crippen molar-refractivity contribution < 1.29 is 9.90 Å². The van der Waals surface area contributed by atoms with Crippen LogP contribution in [0.2, 0.25) is 5.02 Å². The number of carbonyl (C=O) groups excluding carboxylic acids is 1. The molecule has 2 aromatic carbocycles. The predicted octanol–water partition coefficient (Wildman–Crippen LogP) is 3.21. The zero-order valence-corrected chi connectivity index (χ0v) is 16.2. The minimum absolute atomic E-state index is 0.204. The van der Waals surface area contributed by atoms with Crippen molar-refractivity contribution >= 4 is 67.8 Å². The van der Waals surface area contributed by atoms with E-state index in [2.05, 4.69) is 37.9 Å². The van der Waals surface area contributed by atoms with Gasteiger partial charge in [-0.05, 0) is 52.9 Å². The van der Waals surface area contributed by atoms with Crippen LogP contribution in [-0.4, -0.2) is 16.0 Å². The Morgan fingerprint density at radius 3 is 2.80 bits per heavy atom. The lowest BCUT2D eigenvalue weighted by molar-refractivity contribution is -0.112. The average Bonchev–Trinajstić information content (AvgIpc) is 3.08. The summed E-state index contributed by atoms with van der Waals surface area (Å²) in [5.74, 6) is -0.579. The van der Waals surface area contributed by atoms with Gasteiger partial charge in [0.05, 0.1) is 21.6 Å². The van der Waals surface area contributed by atoms with E-state index in [-0.39, 0.29) is 11.8 Å². The number of anilines is 2. The summed E-state index contributed by atoms with van der Waals surface area (Å²) in [4.78, 5) is 20.9. The Bertz CT molecular complexity index is 1140. The van der Waals surface area contributed by atoms with Gasteiger partial charge in [-0.15, -0.1) is 0 Å². The molecule has 5 nitrogen and oxygen atoms in total. The van der Waals surface area contributed by atoms with Crippen LogP contribution in [0.15, 0.2) is 47.5 Å². The number of aromatic nitrogens is 1. The van der Waals surface area contributed by atoms with Gasteiger partial charge in [0.1, 0.15) is 4.88 Å². The summed E-state index contributed by atoms with van der Waals surface area (Å²) in [6.07, 6.45) is 0. The second-order valence-electron chi connectivity index (χ2n) is 5.23. The van der Waals surface area contributed by atoms with Gasteiger partial charge in [-0.3, -0.25) is 4.79 Å². The van der Waals surface area contributed by atoms with Gasteiger partial charge >= 0.3 is 0 Å². The third kappa shape index (κ3) is 3.03. The standard InChI is InChI=1S/C17H9ClIN3O2S/c18-10-3-1-2-4-12(10)21-17-22-16(24)14(25-17)13-9-7-8(19)5-6-11(9)20-15(13)23/h1-7,24H,(H,21,22). The van der Waals surface area contributed by atoms with Gasteiger partial charge < -0.3 is 10.4 Å². The van der Waals surface area contributed by atoms with Crippen molar-refractivity contribution in [3.05, 3.63) is 66.5 Å². The molecule has 25 heavy (non-hydrogen) atoms. The number of nitrogens with one attached hydrogen (secondary N) is 1. The summed E-state index contributed by atoms with van der Waals surface area (Å²) < 4.78 is 0.983. The molecule has 0 bridgehead atoms. The van der Waals surface area contributed by atoms with Gasteiger partial charge in [0, 0.05) is 8.79 Å². The van der Waals surface area contributed by atoms with Crippen LogP contribution < -0.4 is 15.9 Å². The molecule has 0 aliphatic carbocycles. The maximum absolute atomic E-state index is 12.3. The second-order valence-corrected chi connectivity index (χ2v) is 7.88. The largest absolute Gasteiger partial charge is 0.492 e. The second kappa shape index (κ2) is 6.40. The minimum Gasteiger partial charge on any atom is -0.492 e. The topological polar surface area (TPSA) is 74.6 Å². The Hall–Kier alpha value is -1.97. The van der Waals surface area contributed by atoms with E-state index < -0.39 is 0 Å². The van der Waals surface area contributed by atoms with Gasteiger partial charge in [0.2, 0.25) is 5.88 Å². The third-order valence-electron chi connectivity index (χ3n) is 3.62. The molecule has 8 heteroatoms. The van der Waals surface area contributed by atoms with Gasteiger partial charge in [0.15, 0.2) is 5.13 Å². The highest BCUT2D eigenvalue weighted by Crippen LogP contribution is 2.36. The number of nitrogens with zero attached hydrogens (tertiary/aromatic N) is 2. The summed E-state index contributed by atoms with van der Waals surface area (Å²) in [6.45, 7) is 0. The number of hydrogen-bond acceptors (Lipinski definition) is 5. The molecule has 0 saturated carbocycles. The van der Waals surface area contributed by atoms with Crippen molar-refractivity contribution in [1.29, 1.82) is 0 Å². The molecule has 2 N–H and O–H groups in total. The summed E-state index contributed by atoms with van der Waals surface area (Å²) >= 11 is 9.49. The third-order valence-corrected chi connectivity index (χ3v) is 5.59. The first-order valence-corrected chi connectivity index (χ1v) is 9.45. The average molecular weight is 482 g/mol. The van der Waals surface area contributed by atoms with Crippen LogP contribution in [0.25, 0.3) is 5.57 Å². The van der Waals surface area contributed by atoms with Gasteiger partial charge in [-0.25, -0.2) is 4.99 Å². The Labute approximate surface area is 164 Å². The molecule has 0 radical (unpaired) electrons. The van der Waals surface area contributed by atoms with Crippen LogP contribution in [0.1, 0.15) is 4.88 Å². The molecule has 1 amide bonds. The van der Waals surface area contributed by atoms with E-state index in [4.69, 9.17) is 11.6 Å². The monoisotopic (exact) mass is 481 g/mol. The molecule has 0 unspecified atom stereocenters. The number of rotatable bonds is 3. The lowest BCUT2D eigenvalue weighted by atomic mass is 10.1. The first-order chi connectivity index (χ1) is 12.0. The number of hydrogen-bond donors (Lipinski definition) is 2. The minimum atomic E-state index is -0.375. The Morgan fingerprint density at radius 1 is 1.20 bits per heavy atom. The molecule has 1 aliphatic rings. The van der Waals surface area contributed by atoms with Crippen molar-refractivity contribution in [3.8, 4) is 5.88 Å². The Balaban J connectivity index is 1.82. The van der Waals surface area contributed by atoms with E-state index in [1.54, 1.807) is 18.2 Å². The maximum Gasteiger partial charge on any atom is 0.279 e. The molecule has 1 aromatic heterocycles. The fourth-order valence-electron chi connectivity index (χ4n) is 2.51. The Kier molecular flexibility index (Phi) is 4.22. The number of para-hydroxylation sites is 1. The van der Waals surface area contributed by atoms with Crippen LogP contribution in [0.4, 0.5) is 10.8 Å². The first-order valence-electron chi connectivity index (χ1n) is 7.17. The van der Waals surface area contributed by atoms with Crippen LogP contribution in [0, 0.1) is 3.57 Å². The molecule has 0 saturated heterocycles. The summed E-state index contributed by atoms with van der Waals surface area (Å²) in [7, 11) is 0. The number of benzene rings is 2. The highest BCUT2D eigenvalue weighted by atomic mass is 127. The molecule has 4 rings (SSSR count). The van der Waals surface area contributed by atoms with Crippen molar-refractivity contribution in [2.75, 3.05) is 5.32 Å². The molecule has 0 spiro atoms. The van der Waals surface area contributed by atoms with Crippen molar-refractivity contribution in [2.45, 2.75) is 0 Å². The fraction of sp³-hybridized carbons (Fsp3) is 0. The molecular weight excluding hydrogens is 473 g/mol. The molecule has 1 aliphatic heterocycles. The quantitative estimate of drug-likeness (QED) is 0.564. The number of carbonyl (C=O) groups is 1. The van der Waals surface area contributed by atoms with Gasteiger partial charge in [-0.2, -0.15) is 4.98 Å². The lowest BCUT2D eigenvalue weighted by Gasteiger charge is -2.03. The van der Waals surface area contributed by atoms with Crippen LogP contribution in [-0.2, 0) is 4.79 Å². The number of fused-ring (bicyclic) bond motifs is 1. The molecule has 2 heterocycles. The summed E-state index contributed by atoms with van der Waals surface area (Å²) in [5, 5.41) is 15.6. The Morgan fingerprint density at radius 2 is 2.00 bits per heavy atom. The smallest absolute Gasteiger partial charge is 0.279 e. The lowest BCUT2D eigenvalue weighted by Crippen LogP contribution is -2.23. The van der Waals surface area contributed by atoms with Crippen molar-refractivity contribution in [1.82, 2.24) is 4.98 Å². The number of amides is 1. The fourth-order valence-corrected chi connectivity index (χ4v) is 4.11. The zero-order valence-electron chi connectivity index (χ0n) is 12.5. The van der Waals surface area contributed by atoms with Crippen LogP contribution in [0.5, 0.6) is 5.88 Å². The van der Waals surface area contributed by atoms with E-state index in [0.29, 0.717) is 36.9 Å². The molecule has 0 atom stereocenters. The van der Waals surface area contributed by atoms with Crippen LogP contribution >= 0.6 is 45.5 Å². The number of thiazole rings is 1. The molecule has 124 valence electrons. The van der Waals surface area contributed by atoms with Gasteiger partial charge in [-0.1, -0.05) is 35.1 Å². The zero-order chi connectivity index (χ0) is 17.6. The van der Waals surface area contributed by atoms with E-state index in [0.717, 1.165) is 3.57 Å². The highest BCUT2D eigenvalue weighted by Gasteiger charge is 2.25. The molecule has 0 fully saturated rings. The van der Waals surface area contributed by atoms with E-state index in [1.807, 2.05) is 24.3 Å². The predicted molar refractivity (Wildman–Crippen MR) is 106 cm³/mol.